The fraction of sp³-hybridized carbons (Fsp3) is 0.192. The van der Waals surface area contributed by atoms with E-state index >= 15 is 0 Å². The van der Waals surface area contributed by atoms with E-state index in [0.29, 0.717) is 17.4 Å². The van der Waals surface area contributed by atoms with E-state index in [1.807, 2.05) is 78.9 Å². The first-order valence-corrected chi connectivity index (χ1v) is 11.2. The highest BCUT2D eigenvalue weighted by atomic mass is 35.5. The van der Waals surface area contributed by atoms with Gasteiger partial charge in [0.2, 0.25) is 5.91 Å². The Morgan fingerprint density at radius 2 is 1.71 bits per heavy atom. The normalized spacial score (nSPS) is 11.6. The second-order valence-electron chi connectivity index (χ2n) is 7.27. The van der Waals surface area contributed by atoms with Crippen molar-refractivity contribution in [1.82, 2.24) is 10.7 Å². The third-order valence-electron chi connectivity index (χ3n) is 4.79. The van der Waals surface area contributed by atoms with E-state index in [-0.39, 0.29) is 18.9 Å². The van der Waals surface area contributed by atoms with Crippen LogP contribution in [0.15, 0.2) is 84.0 Å². The van der Waals surface area contributed by atoms with E-state index in [1.165, 1.54) is 6.21 Å². The van der Waals surface area contributed by atoms with Crippen LogP contribution in [0.5, 0.6) is 5.75 Å². The first-order valence-electron chi connectivity index (χ1n) is 10.8. The Balaban J connectivity index is 1.51. The number of benzene rings is 3. The molecule has 0 radical (unpaired) electrons. The Labute approximate surface area is 203 Å². The number of rotatable bonds is 10. The van der Waals surface area contributed by atoms with Crippen LogP contribution in [0.2, 0.25) is 5.02 Å². The molecule has 0 aliphatic carbocycles. The molecule has 176 valence electrons. The zero-order chi connectivity index (χ0) is 24.2. The molecule has 3 rings (SSSR count). The van der Waals surface area contributed by atoms with Gasteiger partial charge in [-0.25, -0.2) is 10.2 Å². The van der Waals surface area contributed by atoms with Crippen molar-refractivity contribution in [3.8, 4) is 5.75 Å². The quantitative estimate of drug-likeness (QED) is 0.307. The maximum absolute atomic E-state index is 12.4. The zero-order valence-electron chi connectivity index (χ0n) is 18.7. The van der Waals surface area contributed by atoms with Gasteiger partial charge in [0, 0.05) is 10.6 Å². The van der Waals surface area contributed by atoms with E-state index in [1.54, 1.807) is 6.92 Å². The summed E-state index contributed by atoms with van der Waals surface area (Å²) < 4.78 is 10.7. The molecule has 0 saturated heterocycles. The summed E-state index contributed by atoms with van der Waals surface area (Å²) in [6.07, 6.45) is 0.964. The molecule has 0 aliphatic heterocycles. The van der Waals surface area contributed by atoms with Gasteiger partial charge in [-0.3, -0.25) is 4.79 Å². The molecule has 3 aromatic carbocycles. The van der Waals surface area contributed by atoms with Crippen LogP contribution in [0.3, 0.4) is 0 Å². The summed E-state index contributed by atoms with van der Waals surface area (Å²) in [5.74, 6) is 0.346. The Morgan fingerprint density at radius 3 is 2.41 bits per heavy atom. The largest absolute Gasteiger partial charge is 0.489 e. The fourth-order valence-corrected chi connectivity index (χ4v) is 3.28. The van der Waals surface area contributed by atoms with Gasteiger partial charge in [-0.15, -0.1) is 0 Å². The molecule has 34 heavy (non-hydrogen) atoms. The number of ether oxygens (including phenoxy) is 2. The number of carbonyl (C=O) groups is 2. The Morgan fingerprint density at radius 1 is 1.00 bits per heavy atom. The van der Waals surface area contributed by atoms with Gasteiger partial charge in [-0.1, -0.05) is 60.1 Å². The van der Waals surface area contributed by atoms with Gasteiger partial charge in [-0.2, -0.15) is 5.10 Å². The number of carbonyl (C=O) groups excluding carboxylic acids is 2. The molecule has 7 nitrogen and oxygen atoms in total. The molecule has 0 heterocycles. The van der Waals surface area contributed by atoms with Crippen molar-refractivity contribution in [3.05, 3.63) is 101 Å². The predicted octanol–water partition coefficient (Wildman–Crippen LogP) is 5.25. The minimum Gasteiger partial charge on any atom is -0.489 e. The van der Waals surface area contributed by atoms with Gasteiger partial charge in [0.15, 0.2) is 0 Å². The van der Waals surface area contributed by atoms with E-state index in [2.05, 4.69) is 15.8 Å². The van der Waals surface area contributed by atoms with Crippen LogP contribution >= 0.6 is 11.6 Å². The van der Waals surface area contributed by atoms with E-state index in [9.17, 15) is 9.59 Å². The van der Waals surface area contributed by atoms with Gasteiger partial charge in [0.1, 0.15) is 12.4 Å². The minimum absolute atomic E-state index is 0.00892. The highest BCUT2D eigenvalue weighted by molar-refractivity contribution is 6.31. The van der Waals surface area contributed by atoms with Crippen molar-refractivity contribution < 1.29 is 19.1 Å². The molecule has 2 N–H and O–H groups in total. The second kappa shape index (κ2) is 13.0. The van der Waals surface area contributed by atoms with Gasteiger partial charge >= 0.3 is 6.09 Å². The molecule has 0 aromatic heterocycles. The summed E-state index contributed by atoms with van der Waals surface area (Å²) in [4.78, 5) is 24.3. The molecular weight excluding hydrogens is 454 g/mol. The number of hydrogen-bond acceptors (Lipinski definition) is 5. The number of hydrogen-bond donors (Lipinski definition) is 2. The first-order chi connectivity index (χ1) is 16.5. The zero-order valence-corrected chi connectivity index (χ0v) is 19.5. The predicted molar refractivity (Wildman–Crippen MR) is 132 cm³/mol. The lowest BCUT2D eigenvalue weighted by molar-refractivity contribution is -0.121. The molecular formula is C26H26ClN3O4. The van der Waals surface area contributed by atoms with Gasteiger partial charge in [-0.05, 0) is 48.4 Å². The van der Waals surface area contributed by atoms with Crippen molar-refractivity contribution in [3.63, 3.8) is 0 Å². The maximum Gasteiger partial charge on any atom is 0.407 e. The van der Waals surface area contributed by atoms with Crippen molar-refractivity contribution in [2.45, 2.75) is 26.0 Å². The monoisotopic (exact) mass is 479 g/mol. The topological polar surface area (TPSA) is 89.0 Å². The van der Waals surface area contributed by atoms with Crippen LogP contribution < -0.4 is 15.5 Å². The molecule has 0 saturated carbocycles. The molecule has 3 aromatic rings. The van der Waals surface area contributed by atoms with Gasteiger partial charge < -0.3 is 14.8 Å². The fourth-order valence-electron chi connectivity index (χ4n) is 3.09. The number of halogens is 1. The van der Waals surface area contributed by atoms with Crippen molar-refractivity contribution in [1.29, 1.82) is 0 Å². The average molecular weight is 480 g/mol. The first kappa shape index (κ1) is 24.8. The van der Waals surface area contributed by atoms with E-state index in [4.69, 9.17) is 21.1 Å². The van der Waals surface area contributed by atoms with Crippen molar-refractivity contribution >= 4 is 29.8 Å². The van der Waals surface area contributed by atoms with Crippen LogP contribution in [0.25, 0.3) is 0 Å². The van der Waals surface area contributed by atoms with Gasteiger partial charge in [0.05, 0.1) is 25.3 Å². The highest BCUT2D eigenvalue weighted by Gasteiger charge is 2.18. The minimum atomic E-state index is -0.579. The Bertz CT molecular complexity index is 1100. The molecule has 8 heteroatoms. The standard InChI is InChI=1S/C26H26ClN3O4/c1-2-33-26(32)29-24(20-8-4-3-5-9-20)16-25(31)30-28-17-19-12-14-22(15-13-19)34-18-21-10-6-7-11-23(21)27/h3-15,17,24H,2,16,18H2,1H3,(H,29,32)(H,30,31)/b28-17-/t24-/m0/s1. The molecule has 0 bridgehead atoms. The SMILES string of the molecule is CCOC(=O)N[C@@H](CC(=O)N/N=C\c1ccc(OCc2ccccc2Cl)cc1)c1ccccc1. The third kappa shape index (κ3) is 7.94. The average Bonchev–Trinajstić information content (AvgIpc) is 2.85. The summed E-state index contributed by atoms with van der Waals surface area (Å²) in [6, 6.07) is 23.5. The number of alkyl carbamates (subject to hydrolysis) is 1. The van der Waals surface area contributed by atoms with E-state index in [0.717, 1.165) is 16.7 Å². The number of amides is 2. The molecule has 0 aliphatic rings. The Kier molecular flexibility index (Phi) is 9.49. The lowest BCUT2D eigenvalue weighted by atomic mass is 10.0. The number of nitrogens with zero attached hydrogens (tertiary/aromatic N) is 1. The lowest BCUT2D eigenvalue weighted by Gasteiger charge is -2.18. The number of hydrazone groups is 1. The molecule has 0 fully saturated rings. The Hall–Kier alpha value is -3.84. The van der Waals surface area contributed by atoms with Crippen LogP contribution in [0, 0.1) is 0 Å². The van der Waals surface area contributed by atoms with Crippen LogP contribution in [0.1, 0.15) is 36.1 Å². The lowest BCUT2D eigenvalue weighted by Crippen LogP contribution is -2.33. The molecule has 1 atom stereocenters. The summed E-state index contributed by atoms with van der Waals surface area (Å²) in [5.41, 5.74) is 4.98. The summed E-state index contributed by atoms with van der Waals surface area (Å²) in [7, 11) is 0. The summed E-state index contributed by atoms with van der Waals surface area (Å²) in [6.45, 7) is 2.33. The number of nitrogens with one attached hydrogen (secondary N) is 2. The van der Waals surface area contributed by atoms with Crippen LogP contribution in [-0.4, -0.2) is 24.8 Å². The molecule has 0 unspecified atom stereocenters. The van der Waals surface area contributed by atoms with E-state index < -0.39 is 12.1 Å². The smallest absolute Gasteiger partial charge is 0.407 e. The maximum atomic E-state index is 12.4. The van der Waals surface area contributed by atoms with Crippen LogP contribution in [-0.2, 0) is 16.1 Å². The summed E-state index contributed by atoms with van der Waals surface area (Å²) >= 11 is 6.14. The van der Waals surface area contributed by atoms with Gasteiger partial charge in [0.25, 0.3) is 0 Å². The van der Waals surface area contributed by atoms with Crippen LogP contribution in [0.4, 0.5) is 4.79 Å². The highest BCUT2D eigenvalue weighted by Crippen LogP contribution is 2.19. The summed E-state index contributed by atoms with van der Waals surface area (Å²) in [5, 5.41) is 7.38. The molecule has 2 amide bonds. The van der Waals surface area contributed by atoms with Crippen molar-refractivity contribution in [2.75, 3.05) is 6.61 Å². The second-order valence-corrected chi connectivity index (χ2v) is 7.68. The third-order valence-corrected chi connectivity index (χ3v) is 5.16. The van der Waals surface area contributed by atoms with Crippen molar-refractivity contribution in [2.24, 2.45) is 5.10 Å². The molecule has 0 spiro atoms.